The molecule has 6 nitrogen and oxygen atoms in total. The number of hydrogen-bond acceptors (Lipinski definition) is 3. The molecule has 1 aliphatic rings. The first-order valence-electron chi connectivity index (χ1n) is 8.67. The SMILES string of the molecule is Cc1cc(C(=O)Nc2cc3c(cc2F)NC(=O)CC3)nn1-c1ccccc1Cl. The van der Waals surface area contributed by atoms with Crippen LogP contribution in [0.5, 0.6) is 0 Å². The molecule has 2 amide bonds. The molecule has 2 aromatic carbocycles. The van der Waals surface area contributed by atoms with Gasteiger partial charge >= 0.3 is 0 Å². The molecule has 28 heavy (non-hydrogen) atoms. The van der Waals surface area contributed by atoms with Gasteiger partial charge in [0, 0.05) is 17.8 Å². The van der Waals surface area contributed by atoms with Crippen LogP contribution in [-0.2, 0) is 11.2 Å². The zero-order valence-electron chi connectivity index (χ0n) is 14.9. The number of fused-ring (bicyclic) bond motifs is 1. The number of nitrogens with zero attached hydrogens (tertiary/aromatic N) is 2. The standard InChI is InChI=1S/C20H16ClFN4O2/c1-11-8-17(25-26(11)18-5-3-2-4-13(18)21)20(28)24-16-9-12-6-7-19(27)23-15(12)10-14(16)22/h2-5,8-10H,6-7H2,1H3,(H,23,27)(H,24,28). The van der Waals surface area contributed by atoms with Gasteiger partial charge in [0.1, 0.15) is 5.82 Å². The highest BCUT2D eigenvalue weighted by atomic mass is 35.5. The summed E-state index contributed by atoms with van der Waals surface area (Å²) in [6, 6.07) is 11.5. The van der Waals surface area contributed by atoms with Crippen molar-refractivity contribution >= 4 is 34.8 Å². The molecule has 0 bridgehead atoms. The van der Waals surface area contributed by atoms with Crippen LogP contribution in [0.25, 0.3) is 5.69 Å². The van der Waals surface area contributed by atoms with E-state index in [2.05, 4.69) is 15.7 Å². The van der Waals surface area contributed by atoms with Crippen molar-refractivity contribution in [2.24, 2.45) is 0 Å². The molecule has 0 saturated heterocycles. The number of amides is 2. The lowest BCUT2D eigenvalue weighted by Gasteiger charge is -2.18. The molecule has 0 fully saturated rings. The van der Waals surface area contributed by atoms with Crippen LogP contribution < -0.4 is 10.6 Å². The molecule has 1 aliphatic heterocycles. The maximum absolute atomic E-state index is 14.4. The Labute approximate surface area is 165 Å². The number of para-hydroxylation sites is 1. The molecule has 0 aliphatic carbocycles. The van der Waals surface area contributed by atoms with E-state index in [9.17, 15) is 14.0 Å². The van der Waals surface area contributed by atoms with E-state index in [0.29, 0.717) is 34.9 Å². The quantitative estimate of drug-likeness (QED) is 0.697. The van der Waals surface area contributed by atoms with Gasteiger partial charge in [-0.05, 0) is 49.2 Å². The maximum Gasteiger partial charge on any atom is 0.276 e. The summed E-state index contributed by atoms with van der Waals surface area (Å²) in [5.41, 5.74) is 2.76. The molecule has 8 heteroatoms. The Kier molecular flexibility index (Phi) is 4.60. The van der Waals surface area contributed by atoms with Gasteiger partial charge in [-0.3, -0.25) is 9.59 Å². The highest BCUT2D eigenvalue weighted by Crippen LogP contribution is 2.29. The lowest BCUT2D eigenvalue weighted by atomic mass is 10.0. The van der Waals surface area contributed by atoms with Crippen LogP contribution >= 0.6 is 11.6 Å². The lowest BCUT2D eigenvalue weighted by Crippen LogP contribution is -2.20. The fourth-order valence-corrected chi connectivity index (χ4v) is 3.35. The van der Waals surface area contributed by atoms with Gasteiger partial charge in [-0.15, -0.1) is 0 Å². The van der Waals surface area contributed by atoms with E-state index < -0.39 is 11.7 Å². The second-order valence-electron chi connectivity index (χ2n) is 6.53. The summed E-state index contributed by atoms with van der Waals surface area (Å²) in [4.78, 5) is 24.0. The van der Waals surface area contributed by atoms with E-state index >= 15 is 0 Å². The Morgan fingerprint density at radius 3 is 2.82 bits per heavy atom. The van der Waals surface area contributed by atoms with Crippen LogP contribution in [0.1, 0.15) is 28.2 Å². The number of rotatable bonds is 3. The summed E-state index contributed by atoms with van der Waals surface area (Å²) in [6.45, 7) is 1.80. The Hall–Kier alpha value is -3.19. The summed E-state index contributed by atoms with van der Waals surface area (Å²) in [5, 5.41) is 9.99. The fourth-order valence-electron chi connectivity index (χ4n) is 3.14. The minimum Gasteiger partial charge on any atom is -0.326 e. The van der Waals surface area contributed by atoms with Gasteiger partial charge in [-0.25, -0.2) is 9.07 Å². The molecular formula is C20H16ClFN4O2. The van der Waals surface area contributed by atoms with Crippen LogP contribution in [-0.4, -0.2) is 21.6 Å². The number of benzene rings is 2. The van der Waals surface area contributed by atoms with E-state index in [0.717, 1.165) is 5.56 Å². The number of aromatic nitrogens is 2. The van der Waals surface area contributed by atoms with Crippen molar-refractivity contribution in [2.75, 3.05) is 10.6 Å². The Morgan fingerprint density at radius 2 is 2.04 bits per heavy atom. The number of aryl methyl sites for hydroxylation is 2. The minimum atomic E-state index is -0.628. The van der Waals surface area contributed by atoms with Crippen LogP contribution in [0, 0.1) is 12.7 Å². The molecule has 0 spiro atoms. The van der Waals surface area contributed by atoms with Gasteiger partial charge in [0.15, 0.2) is 5.69 Å². The Morgan fingerprint density at radius 1 is 1.25 bits per heavy atom. The lowest BCUT2D eigenvalue weighted by molar-refractivity contribution is -0.116. The van der Waals surface area contributed by atoms with E-state index in [1.807, 2.05) is 6.07 Å². The van der Waals surface area contributed by atoms with Crippen LogP contribution in [0.3, 0.4) is 0 Å². The maximum atomic E-state index is 14.4. The van der Waals surface area contributed by atoms with Gasteiger partial charge in [-0.2, -0.15) is 5.10 Å². The Balaban J connectivity index is 1.61. The van der Waals surface area contributed by atoms with Gasteiger partial charge < -0.3 is 10.6 Å². The average Bonchev–Trinajstić information content (AvgIpc) is 3.04. The minimum absolute atomic E-state index is 0.0462. The predicted octanol–water partition coefficient (Wildman–Crippen LogP) is 4.11. The molecule has 3 aromatic rings. The zero-order chi connectivity index (χ0) is 19.8. The van der Waals surface area contributed by atoms with Crippen molar-refractivity contribution < 1.29 is 14.0 Å². The molecular weight excluding hydrogens is 383 g/mol. The molecule has 1 aromatic heterocycles. The zero-order valence-corrected chi connectivity index (χ0v) is 15.7. The van der Waals surface area contributed by atoms with Crippen LogP contribution in [0.2, 0.25) is 5.02 Å². The van der Waals surface area contributed by atoms with Crippen molar-refractivity contribution in [1.82, 2.24) is 9.78 Å². The second-order valence-corrected chi connectivity index (χ2v) is 6.93. The molecule has 2 heterocycles. The fraction of sp³-hybridized carbons (Fsp3) is 0.150. The third-order valence-corrected chi connectivity index (χ3v) is 4.86. The third-order valence-electron chi connectivity index (χ3n) is 4.54. The monoisotopic (exact) mass is 398 g/mol. The van der Waals surface area contributed by atoms with Crippen molar-refractivity contribution in [2.45, 2.75) is 19.8 Å². The molecule has 0 saturated carbocycles. The first kappa shape index (κ1) is 18.2. The summed E-state index contributed by atoms with van der Waals surface area (Å²) < 4.78 is 15.9. The number of halogens is 2. The van der Waals surface area contributed by atoms with Crippen LogP contribution in [0.4, 0.5) is 15.8 Å². The molecule has 4 rings (SSSR count). The smallest absolute Gasteiger partial charge is 0.276 e. The van der Waals surface area contributed by atoms with Gasteiger partial charge in [0.05, 0.1) is 16.4 Å². The topological polar surface area (TPSA) is 76.0 Å². The van der Waals surface area contributed by atoms with Gasteiger partial charge in [0.25, 0.3) is 5.91 Å². The van der Waals surface area contributed by atoms with Crippen molar-refractivity contribution in [3.05, 3.63) is 70.3 Å². The van der Waals surface area contributed by atoms with Gasteiger partial charge in [0.2, 0.25) is 5.91 Å². The van der Waals surface area contributed by atoms with Crippen molar-refractivity contribution in [1.29, 1.82) is 0 Å². The predicted molar refractivity (Wildman–Crippen MR) is 105 cm³/mol. The van der Waals surface area contributed by atoms with E-state index in [4.69, 9.17) is 11.6 Å². The first-order valence-corrected chi connectivity index (χ1v) is 9.05. The molecule has 142 valence electrons. The molecule has 0 atom stereocenters. The van der Waals surface area contributed by atoms with Crippen LogP contribution in [0.15, 0.2) is 42.5 Å². The van der Waals surface area contributed by atoms with Crippen molar-refractivity contribution in [3.8, 4) is 5.69 Å². The van der Waals surface area contributed by atoms with E-state index in [-0.39, 0.29) is 17.3 Å². The number of carbonyl (C=O) groups is 2. The number of hydrogen-bond donors (Lipinski definition) is 2. The van der Waals surface area contributed by atoms with E-state index in [1.54, 1.807) is 41.9 Å². The molecule has 2 N–H and O–H groups in total. The largest absolute Gasteiger partial charge is 0.326 e. The highest BCUT2D eigenvalue weighted by Gasteiger charge is 2.20. The average molecular weight is 399 g/mol. The molecule has 0 unspecified atom stereocenters. The Bertz CT molecular complexity index is 1110. The summed E-state index contributed by atoms with van der Waals surface area (Å²) in [7, 11) is 0. The second kappa shape index (κ2) is 7.09. The number of anilines is 2. The van der Waals surface area contributed by atoms with E-state index in [1.165, 1.54) is 6.07 Å². The normalized spacial score (nSPS) is 13.0. The highest BCUT2D eigenvalue weighted by molar-refractivity contribution is 6.32. The van der Waals surface area contributed by atoms with Crippen molar-refractivity contribution in [3.63, 3.8) is 0 Å². The molecule has 0 radical (unpaired) electrons. The first-order chi connectivity index (χ1) is 13.4. The van der Waals surface area contributed by atoms with Gasteiger partial charge in [-0.1, -0.05) is 23.7 Å². The summed E-state index contributed by atoms with van der Waals surface area (Å²) in [6.07, 6.45) is 0.817. The summed E-state index contributed by atoms with van der Waals surface area (Å²) >= 11 is 6.21. The number of carbonyl (C=O) groups excluding carboxylic acids is 2. The number of nitrogens with one attached hydrogen (secondary N) is 2. The third kappa shape index (κ3) is 3.36. The summed E-state index contributed by atoms with van der Waals surface area (Å²) in [5.74, 6) is -1.31.